The molecule has 1 N–H and O–H groups in total. The lowest BCUT2D eigenvalue weighted by molar-refractivity contribution is -0.120. The highest BCUT2D eigenvalue weighted by molar-refractivity contribution is 6.06. The van der Waals surface area contributed by atoms with Crippen LogP contribution < -0.4 is 10.2 Å². The molecule has 0 spiro atoms. The van der Waals surface area contributed by atoms with E-state index in [0.29, 0.717) is 24.9 Å². The van der Waals surface area contributed by atoms with E-state index in [-0.39, 0.29) is 18.0 Å². The minimum Gasteiger partial charge on any atom is -0.444 e. The molecule has 5 rings (SSSR count). The zero-order chi connectivity index (χ0) is 27.0. The number of nitrogens with zero attached hydrogens (tertiary/aromatic N) is 5. The Morgan fingerprint density at radius 3 is 2.45 bits per heavy atom. The molecule has 3 aliphatic rings. The average Bonchev–Trinajstić information content (AvgIpc) is 3.26. The third-order valence-electron chi connectivity index (χ3n) is 7.93. The van der Waals surface area contributed by atoms with Crippen molar-refractivity contribution in [3.8, 4) is 0 Å². The molecule has 3 saturated heterocycles. The van der Waals surface area contributed by atoms with Crippen LogP contribution in [-0.4, -0.2) is 82.3 Å². The van der Waals surface area contributed by atoms with Gasteiger partial charge in [-0.25, -0.2) is 14.6 Å². The van der Waals surface area contributed by atoms with Crippen molar-refractivity contribution in [2.45, 2.75) is 71.4 Å². The molecule has 3 fully saturated rings. The number of aryl methyl sites for hydroxylation is 1. The Kier molecular flexibility index (Phi) is 7.35. The van der Waals surface area contributed by atoms with Gasteiger partial charge in [0, 0.05) is 63.3 Å². The van der Waals surface area contributed by atoms with Gasteiger partial charge in [-0.3, -0.25) is 15.0 Å². The van der Waals surface area contributed by atoms with Crippen LogP contribution in [0.5, 0.6) is 0 Å². The van der Waals surface area contributed by atoms with Gasteiger partial charge in [-0.1, -0.05) is 0 Å². The molecule has 0 aliphatic carbocycles. The van der Waals surface area contributed by atoms with Crippen LogP contribution in [0.3, 0.4) is 0 Å². The lowest BCUT2D eigenvalue weighted by Crippen LogP contribution is -2.49. The van der Waals surface area contributed by atoms with Crippen LogP contribution >= 0.6 is 0 Å². The van der Waals surface area contributed by atoms with Crippen LogP contribution in [0.4, 0.5) is 15.3 Å². The number of carbonyl (C=O) groups excluding carboxylic acids is 3. The smallest absolute Gasteiger partial charge is 0.410 e. The molecule has 10 heteroatoms. The highest BCUT2D eigenvalue weighted by Crippen LogP contribution is 2.32. The highest BCUT2D eigenvalue weighted by atomic mass is 16.6. The Morgan fingerprint density at radius 2 is 1.79 bits per heavy atom. The third-order valence-corrected chi connectivity index (χ3v) is 7.93. The number of anilines is 1. The van der Waals surface area contributed by atoms with E-state index in [4.69, 9.17) is 9.72 Å². The summed E-state index contributed by atoms with van der Waals surface area (Å²) in [6.07, 6.45) is 6.41. The second-order valence-electron chi connectivity index (χ2n) is 11.9. The number of pyridine rings is 1. The van der Waals surface area contributed by atoms with E-state index >= 15 is 0 Å². The first-order valence-corrected chi connectivity index (χ1v) is 13.9. The highest BCUT2D eigenvalue weighted by Gasteiger charge is 2.30. The number of nitrogens with one attached hydrogen (secondary N) is 1. The number of likely N-dealkylation sites (tertiary alicyclic amines) is 2. The molecule has 0 saturated carbocycles. The summed E-state index contributed by atoms with van der Waals surface area (Å²) in [6.45, 7) is 12.8. The summed E-state index contributed by atoms with van der Waals surface area (Å²) in [5.74, 6) is 0.379. The topological polar surface area (TPSA) is 100 Å². The maximum atomic E-state index is 12.4. The van der Waals surface area contributed by atoms with Crippen molar-refractivity contribution in [1.29, 1.82) is 0 Å². The standard InChI is InChI=1S/C28H40N6O4/c1-19-23(34-16-10-24(35)30-26(34)36)17-21-7-15-33(25(21)29-19)22-8-11-31(12-9-22)18-20-5-13-32(14-6-20)27(37)38-28(2,3)4/h7,15,17,20,22H,5-6,8-14,16,18H2,1-4H3,(H,30,35,36). The van der Waals surface area contributed by atoms with Crippen molar-refractivity contribution in [1.82, 2.24) is 24.7 Å². The number of carbonyl (C=O) groups is 3. The molecule has 0 aromatic carbocycles. The summed E-state index contributed by atoms with van der Waals surface area (Å²) >= 11 is 0. The van der Waals surface area contributed by atoms with Gasteiger partial charge in [-0.2, -0.15) is 0 Å². The van der Waals surface area contributed by atoms with Crippen LogP contribution in [0.15, 0.2) is 18.3 Å². The van der Waals surface area contributed by atoms with Gasteiger partial charge in [0.15, 0.2) is 0 Å². The van der Waals surface area contributed by atoms with Gasteiger partial charge < -0.3 is 19.1 Å². The molecule has 2 aromatic heterocycles. The van der Waals surface area contributed by atoms with E-state index < -0.39 is 5.60 Å². The zero-order valence-electron chi connectivity index (χ0n) is 23.0. The summed E-state index contributed by atoms with van der Waals surface area (Å²) in [5, 5.41) is 3.40. The number of piperidine rings is 2. The van der Waals surface area contributed by atoms with Gasteiger partial charge in [0.25, 0.3) is 0 Å². The molecule has 2 aromatic rings. The van der Waals surface area contributed by atoms with Crippen molar-refractivity contribution < 1.29 is 19.1 Å². The summed E-state index contributed by atoms with van der Waals surface area (Å²) in [4.78, 5) is 47.2. The maximum Gasteiger partial charge on any atom is 0.410 e. The van der Waals surface area contributed by atoms with Gasteiger partial charge in [0.2, 0.25) is 5.91 Å². The van der Waals surface area contributed by atoms with Crippen molar-refractivity contribution in [2.24, 2.45) is 5.92 Å². The van der Waals surface area contributed by atoms with Crippen molar-refractivity contribution in [3.63, 3.8) is 0 Å². The van der Waals surface area contributed by atoms with Crippen molar-refractivity contribution >= 4 is 34.8 Å². The number of aromatic nitrogens is 2. The second kappa shape index (κ2) is 10.6. The summed E-state index contributed by atoms with van der Waals surface area (Å²) < 4.78 is 7.82. The maximum absolute atomic E-state index is 12.4. The molecule has 0 unspecified atom stereocenters. The van der Waals surface area contributed by atoms with E-state index in [1.165, 1.54) is 0 Å². The number of hydrogen-bond donors (Lipinski definition) is 1. The molecule has 0 bridgehead atoms. The largest absolute Gasteiger partial charge is 0.444 e. The van der Waals surface area contributed by atoms with Crippen LogP contribution in [0.2, 0.25) is 0 Å². The van der Waals surface area contributed by atoms with Gasteiger partial charge in [-0.05, 0) is 71.4 Å². The molecule has 5 heterocycles. The van der Waals surface area contributed by atoms with E-state index in [1.54, 1.807) is 4.90 Å². The Labute approximate surface area is 224 Å². The van der Waals surface area contributed by atoms with Crippen molar-refractivity contribution in [2.75, 3.05) is 44.2 Å². The summed E-state index contributed by atoms with van der Waals surface area (Å²) in [6, 6.07) is 4.10. The number of imide groups is 1. The van der Waals surface area contributed by atoms with Gasteiger partial charge in [-0.15, -0.1) is 0 Å². The van der Waals surface area contributed by atoms with Crippen LogP contribution in [0, 0.1) is 12.8 Å². The van der Waals surface area contributed by atoms with E-state index in [1.807, 2.05) is 38.7 Å². The first kappa shape index (κ1) is 26.5. The van der Waals surface area contributed by atoms with Crippen LogP contribution in [-0.2, 0) is 9.53 Å². The lowest BCUT2D eigenvalue weighted by atomic mass is 9.95. The second-order valence-corrected chi connectivity index (χ2v) is 11.9. The van der Waals surface area contributed by atoms with Gasteiger partial charge >= 0.3 is 12.1 Å². The fourth-order valence-electron chi connectivity index (χ4n) is 5.89. The molecule has 4 amide bonds. The monoisotopic (exact) mass is 524 g/mol. The molecule has 3 aliphatic heterocycles. The lowest BCUT2D eigenvalue weighted by Gasteiger charge is -2.38. The predicted molar refractivity (Wildman–Crippen MR) is 145 cm³/mol. The van der Waals surface area contributed by atoms with Crippen molar-refractivity contribution in [3.05, 3.63) is 24.0 Å². The fourth-order valence-corrected chi connectivity index (χ4v) is 5.89. The first-order chi connectivity index (χ1) is 18.1. The number of fused-ring (bicyclic) bond motifs is 1. The molecular weight excluding hydrogens is 484 g/mol. The molecule has 206 valence electrons. The summed E-state index contributed by atoms with van der Waals surface area (Å²) in [7, 11) is 0. The normalized spacial score (nSPS) is 20.7. The SMILES string of the molecule is Cc1nc2c(ccn2C2CCN(CC3CCN(C(=O)OC(C)(C)C)CC3)CC2)cc1N1CCC(=O)NC1=O. The zero-order valence-corrected chi connectivity index (χ0v) is 23.0. The minimum atomic E-state index is -0.453. The average molecular weight is 525 g/mol. The fraction of sp³-hybridized carbons (Fsp3) is 0.643. The van der Waals surface area contributed by atoms with Gasteiger partial charge in [0.1, 0.15) is 11.2 Å². The molecule has 0 atom stereocenters. The van der Waals surface area contributed by atoms with E-state index in [0.717, 1.165) is 80.8 Å². The number of ether oxygens (including phenoxy) is 1. The number of amides is 4. The minimum absolute atomic E-state index is 0.194. The summed E-state index contributed by atoms with van der Waals surface area (Å²) in [5.41, 5.74) is 2.04. The number of urea groups is 1. The number of hydrogen-bond acceptors (Lipinski definition) is 6. The Hall–Kier alpha value is -3.14. The van der Waals surface area contributed by atoms with Crippen LogP contribution in [0.25, 0.3) is 11.0 Å². The first-order valence-electron chi connectivity index (χ1n) is 13.9. The molecular formula is C28H40N6O4. The predicted octanol–water partition coefficient (Wildman–Crippen LogP) is 4.08. The molecule has 10 nitrogen and oxygen atoms in total. The van der Waals surface area contributed by atoms with Crippen LogP contribution in [0.1, 0.15) is 64.6 Å². The van der Waals surface area contributed by atoms with E-state index in [2.05, 4.69) is 27.0 Å². The third kappa shape index (κ3) is 5.80. The number of rotatable bonds is 4. The van der Waals surface area contributed by atoms with Gasteiger partial charge in [0.05, 0.1) is 11.4 Å². The Morgan fingerprint density at radius 1 is 1.08 bits per heavy atom. The Bertz CT molecular complexity index is 1200. The quantitative estimate of drug-likeness (QED) is 0.647. The van der Waals surface area contributed by atoms with E-state index in [9.17, 15) is 14.4 Å². The molecule has 38 heavy (non-hydrogen) atoms. The Balaban J connectivity index is 1.15. The molecule has 0 radical (unpaired) electrons.